The summed E-state index contributed by atoms with van der Waals surface area (Å²) in [7, 11) is 0. The lowest BCUT2D eigenvalue weighted by atomic mass is 10.1. The maximum absolute atomic E-state index is 13.3. The van der Waals surface area contributed by atoms with Crippen LogP contribution in [0.4, 0.5) is 0 Å². The van der Waals surface area contributed by atoms with Crippen LogP contribution < -0.4 is 10.6 Å². The topological polar surface area (TPSA) is 155 Å². The van der Waals surface area contributed by atoms with E-state index in [0.717, 1.165) is 82.3 Å². The number of ether oxygens (including phenoxy) is 3. The second-order valence-electron chi connectivity index (χ2n) is 17.5. The number of aromatic nitrogens is 2. The molecule has 0 fully saturated rings. The summed E-state index contributed by atoms with van der Waals surface area (Å²) in [6.45, 7) is 8.91. The van der Waals surface area contributed by atoms with Crippen molar-refractivity contribution < 1.29 is 38.2 Å². The molecule has 0 saturated carbocycles. The third-order valence-corrected chi connectivity index (χ3v) is 14.8. The Hall–Kier alpha value is -2.83. The summed E-state index contributed by atoms with van der Waals surface area (Å²) in [5.74, 6) is 8.56. The maximum Gasteiger partial charge on any atom is 0.307 e. The molecule has 1 rings (SSSR count). The van der Waals surface area contributed by atoms with Gasteiger partial charge in [0.1, 0.15) is 6.04 Å². The Morgan fingerprint density at radius 3 is 1.78 bits per heavy atom. The molecule has 0 saturated heterocycles. The number of hydrogen-bond acceptors (Lipinski definition) is 12. The number of nitrogens with zero attached hydrogens (tertiary/aromatic N) is 2. The molecule has 2 unspecified atom stereocenters. The summed E-state index contributed by atoms with van der Waals surface area (Å²) in [4.78, 5) is 67.7. The van der Waals surface area contributed by atoms with E-state index < -0.39 is 6.04 Å². The second-order valence-corrected chi connectivity index (χ2v) is 21.4. The van der Waals surface area contributed by atoms with Crippen LogP contribution in [0, 0.1) is 11.8 Å². The Kier molecular flexibility index (Phi) is 44.4. The largest absolute Gasteiger partial charge is 0.466 e. The number of carbonyl (C=O) groups is 5. The van der Waals surface area contributed by atoms with E-state index in [1.54, 1.807) is 47.8 Å². The molecule has 68 heavy (non-hydrogen) atoms. The van der Waals surface area contributed by atoms with Gasteiger partial charge in [-0.3, -0.25) is 24.0 Å². The monoisotopic (exact) mass is 1010 g/mol. The molecule has 2 atom stereocenters. The van der Waals surface area contributed by atoms with Crippen molar-refractivity contribution in [3.8, 4) is 11.8 Å². The van der Waals surface area contributed by atoms with Gasteiger partial charge in [-0.05, 0) is 62.9 Å². The molecule has 0 aliphatic heterocycles. The SMILES string of the molecule is CCCCCCCC#CCOC(=O)CCSCCC(NC(=O)CCCCC(CCSCCC(=O)OCCCCCCCC)SCCC(=O)OCCCCCCCC)C(=O)NCCCn1ccnc1. The Labute approximate surface area is 425 Å². The number of unbranched alkanes of at least 4 members (excludes halogenated alkanes) is 16. The zero-order chi connectivity index (χ0) is 49.4. The van der Waals surface area contributed by atoms with Crippen LogP contribution in [0.5, 0.6) is 0 Å². The van der Waals surface area contributed by atoms with Crippen molar-refractivity contribution in [2.75, 3.05) is 55.1 Å². The van der Waals surface area contributed by atoms with E-state index in [9.17, 15) is 24.0 Å². The Balaban J connectivity index is 2.59. The van der Waals surface area contributed by atoms with Gasteiger partial charge < -0.3 is 29.4 Å². The fourth-order valence-electron chi connectivity index (χ4n) is 7.19. The summed E-state index contributed by atoms with van der Waals surface area (Å²) in [5.41, 5.74) is 0. The molecular weight excluding hydrogens is 917 g/mol. The molecule has 0 aliphatic rings. The molecule has 0 radical (unpaired) electrons. The summed E-state index contributed by atoms with van der Waals surface area (Å²) in [5, 5.41) is 6.31. The number of hydrogen-bond donors (Lipinski definition) is 2. The molecular formula is C53H92N4O8S3. The first-order valence-corrected chi connectivity index (χ1v) is 29.9. The van der Waals surface area contributed by atoms with Crippen molar-refractivity contribution in [2.45, 2.75) is 218 Å². The number of aryl methyl sites for hydroxylation is 1. The van der Waals surface area contributed by atoms with E-state index in [-0.39, 0.29) is 42.7 Å². The Morgan fingerprint density at radius 2 is 1.16 bits per heavy atom. The average molecular weight is 1010 g/mol. The molecule has 1 heterocycles. The van der Waals surface area contributed by atoms with Crippen LogP contribution in [-0.4, -0.2) is 106 Å². The van der Waals surface area contributed by atoms with Crippen LogP contribution in [0.2, 0.25) is 0 Å². The normalized spacial score (nSPS) is 11.9. The number of imidazole rings is 1. The molecule has 2 N–H and O–H groups in total. The van der Waals surface area contributed by atoms with Gasteiger partial charge in [0.2, 0.25) is 11.8 Å². The standard InChI is InChI=1S/C53H92N4O8S3/c1-4-7-10-13-16-17-20-25-39-64-51(60)32-44-67-42-30-48(53(62)55-34-26-36-57-37-35-54-46-57)56-49(58)28-22-21-27-47(68-45-33-52(61)65-40-24-19-15-12-9-6-3)29-41-66-43-31-50(59)63-38-23-18-14-11-8-5-2/h35,37,46-48H,4-19,21-24,26-34,36,38-45H2,1-3H3,(H,55,62)(H,56,58). The van der Waals surface area contributed by atoms with Crippen molar-refractivity contribution in [1.82, 2.24) is 20.2 Å². The summed E-state index contributed by atoms with van der Waals surface area (Å²) >= 11 is 5.11. The number of amides is 2. The van der Waals surface area contributed by atoms with Crippen LogP contribution in [0.1, 0.15) is 201 Å². The van der Waals surface area contributed by atoms with Gasteiger partial charge in [-0.15, -0.1) is 0 Å². The smallest absolute Gasteiger partial charge is 0.307 e. The van der Waals surface area contributed by atoms with E-state index >= 15 is 0 Å². The fourth-order valence-corrected chi connectivity index (χ4v) is 10.5. The van der Waals surface area contributed by atoms with Crippen LogP contribution >= 0.6 is 35.3 Å². The van der Waals surface area contributed by atoms with Gasteiger partial charge in [0.25, 0.3) is 0 Å². The van der Waals surface area contributed by atoms with Gasteiger partial charge in [0.05, 0.1) is 38.8 Å². The van der Waals surface area contributed by atoms with Crippen LogP contribution in [0.15, 0.2) is 18.7 Å². The van der Waals surface area contributed by atoms with Gasteiger partial charge in [-0.1, -0.05) is 129 Å². The van der Waals surface area contributed by atoms with Crippen molar-refractivity contribution in [1.29, 1.82) is 0 Å². The maximum atomic E-state index is 13.3. The predicted octanol–water partition coefficient (Wildman–Crippen LogP) is 11.7. The lowest BCUT2D eigenvalue weighted by molar-refractivity contribution is -0.144. The van der Waals surface area contributed by atoms with E-state index in [2.05, 4.69) is 48.2 Å². The highest BCUT2D eigenvalue weighted by atomic mass is 32.2. The number of rotatable bonds is 47. The number of nitrogens with one attached hydrogen (secondary N) is 2. The third-order valence-electron chi connectivity index (χ3n) is 11.3. The lowest BCUT2D eigenvalue weighted by Crippen LogP contribution is -2.47. The quantitative estimate of drug-likeness (QED) is 0.0276. The van der Waals surface area contributed by atoms with Gasteiger partial charge >= 0.3 is 17.9 Å². The fraction of sp³-hybridized carbons (Fsp3) is 0.811. The second kappa shape index (κ2) is 47.8. The first-order chi connectivity index (χ1) is 33.3. The molecule has 0 aromatic carbocycles. The first-order valence-electron chi connectivity index (χ1n) is 26.5. The minimum atomic E-state index is -0.679. The first kappa shape index (κ1) is 63.2. The number of thioether (sulfide) groups is 3. The summed E-state index contributed by atoms with van der Waals surface area (Å²) in [6.07, 6.45) is 31.9. The van der Waals surface area contributed by atoms with E-state index in [1.165, 1.54) is 77.0 Å². The molecule has 15 heteroatoms. The van der Waals surface area contributed by atoms with Crippen molar-refractivity contribution in [2.24, 2.45) is 0 Å². The predicted molar refractivity (Wildman–Crippen MR) is 285 cm³/mol. The summed E-state index contributed by atoms with van der Waals surface area (Å²) < 4.78 is 18.2. The lowest BCUT2D eigenvalue weighted by Gasteiger charge is -2.19. The van der Waals surface area contributed by atoms with Crippen molar-refractivity contribution in [3.63, 3.8) is 0 Å². The van der Waals surface area contributed by atoms with Crippen molar-refractivity contribution >= 4 is 65.0 Å². The molecule has 2 amide bonds. The van der Waals surface area contributed by atoms with Crippen LogP contribution in [0.3, 0.4) is 0 Å². The zero-order valence-corrected chi connectivity index (χ0v) is 45.1. The molecule has 12 nitrogen and oxygen atoms in total. The van der Waals surface area contributed by atoms with Crippen molar-refractivity contribution in [3.05, 3.63) is 18.7 Å². The molecule has 390 valence electrons. The van der Waals surface area contributed by atoms with E-state index in [1.807, 2.05) is 10.8 Å². The highest BCUT2D eigenvalue weighted by Gasteiger charge is 2.21. The Bertz CT molecular complexity index is 1460. The Morgan fingerprint density at radius 1 is 0.588 bits per heavy atom. The van der Waals surface area contributed by atoms with Gasteiger partial charge in [-0.25, -0.2) is 4.98 Å². The van der Waals surface area contributed by atoms with Gasteiger partial charge in [0.15, 0.2) is 6.61 Å². The third kappa shape index (κ3) is 41.0. The van der Waals surface area contributed by atoms with Crippen LogP contribution in [0.25, 0.3) is 0 Å². The zero-order valence-electron chi connectivity index (χ0n) is 42.6. The highest BCUT2D eigenvalue weighted by Crippen LogP contribution is 2.25. The minimum Gasteiger partial charge on any atom is -0.466 e. The molecule has 1 aromatic rings. The molecule has 0 aliphatic carbocycles. The van der Waals surface area contributed by atoms with E-state index in [4.69, 9.17) is 14.2 Å². The van der Waals surface area contributed by atoms with Gasteiger partial charge in [0, 0.05) is 60.8 Å². The average Bonchev–Trinajstić information content (AvgIpc) is 3.86. The molecule has 1 aromatic heterocycles. The minimum absolute atomic E-state index is 0.112. The molecule has 0 bridgehead atoms. The summed E-state index contributed by atoms with van der Waals surface area (Å²) in [6, 6.07) is -0.679. The number of carbonyl (C=O) groups excluding carboxylic acids is 5. The van der Waals surface area contributed by atoms with Gasteiger partial charge in [-0.2, -0.15) is 35.3 Å². The molecule has 0 spiro atoms. The number of esters is 3. The van der Waals surface area contributed by atoms with Crippen LogP contribution in [-0.2, 0) is 44.7 Å². The highest BCUT2D eigenvalue weighted by molar-refractivity contribution is 8.00. The van der Waals surface area contributed by atoms with E-state index in [0.29, 0.717) is 74.4 Å².